The van der Waals surface area contributed by atoms with Crippen molar-refractivity contribution in [1.29, 1.82) is 0 Å². The lowest BCUT2D eigenvalue weighted by molar-refractivity contribution is 0.283. The van der Waals surface area contributed by atoms with E-state index in [1.165, 1.54) is 5.56 Å². The second kappa shape index (κ2) is 6.38. The number of benzene rings is 1. The molecule has 0 fully saturated rings. The minimum atomic E-state index is 0.780. The number of furan rings is 1. The van der Waals surface area contributed by atoms with Gasteiger partial charge in [-0.3, -0.25) is 4.90 Å². The fourth-order valence-corrected chi connectivity index (χ4v) is 1.99. The third-order valence-corrected chi connectivity index (χ3v) is 2.79. The average molecular weight is 244 g/mol. The zero-order valence-corrected chi connectivity index (χ0v) is 11.0. The van der Waals surface area contributed by atoms with Gasteiger partial charge in [-0.15, -0.1) is 0 Å². The molecule has 0 amide bonds. The summed E-state index contributed by atoms with van der Waals surface area (Å²) in [4.78, 5) is 2.25. The Morgan fingerprint density at radius 1 is 1.00 bits per heavy atom. The highest BCUT2D eigenvalue weighted by molar-refractivity contribution is 5.14. The molecule has 0 spiro atoms. The summed E-state index contributed by atoms with van der Waals surface area (Å²) in [5, 5.41) is 3.08. The second-order valence-electron chi connectivity index (χ2n) is 4.56. The van der Waals surface area contributed by atoms with E-state index >= 15 is 0 Å². The number of nitrogens with zero attached hydrogens (tertiary/aromatic N) is 1. The van der Waals surface area contributed by atoms with E-state index in [0.717, 1.165) is 31.2 Å². The normalized spacial score (nSPS) is 11.1. The van der Waals surface area contributed by atoms with Gasteiger partial charge in [0.15, 0.2) is 0 Å². The van der Waals surface area contributed by atoms with Crippen molar-refractivity contribution >= 4 is 0 Å². The molecule has 0 aliphatic rings. The monoisotopic (exact) mass is 244 g/mol. The molecule has 0 radical (unpaired) electrons. The summed E-state index contributed by atoms with van der Waals surface area (Å²) in [6.45, 7) is 2.55. The quantitative estimate of drug-likeness (QED) is 0.846. The molecule has 96 valence electrons. The van der Waals surface area contributed by atoms with Gasteiger partial charge >= 0.3 is 0 Å². The van der Waals surface area contributed by atoms with Crippen LogP contribution in [0.2, 0.25) is 0 Å². The van der Waals surface area contributed by atoms with Gasteiger partial charge in [-0.25, -0.2) is 0 Å². The molecule has 18 heavy (non-hydrogen) atoms. The van der Waals surface area contributed by atoms with Crippen molar-refractivity contribution in [2.24, 2.45) is 0 Å². The van der Waals surface area contributed by atoms with Crippen LogP contribution >= 0.6 is 0 Å². The van der Waals surface area contributed by atoms with Gasteiger partial charge in [0.05, 0.1) is 13.1 Å². The molecule has 1 aromatic heterocycles. The summed E-state index contributed by atoms with van der Waals surface area (Å²) in [5.74, 6) is 2.00. The van der Waals surface area contributed by atoms with Crippen LogP contribution in [0.4, 0.5) is 0 Å². The summed E-state index contributed by atoms with van der Waals surface area (Å²) in [7, 11) is 4.02. The highest BCUT2D eigenvalue weighted by Gasteiger charge is 2.05. The highest BCUT2D eigenvalue weighted by atomic mass is 16.3. The van der Waals surface area contributed by atoms with Crippen molar-refractivity contribution < 1.29 is 4.42 Å². The highest BCUT2D eigenvalue weighted by Crippen LogP contribution is 2.11. The summed E-state index contributed by atoms with van der Waals surface area (Å²) in [6, 6.07) is 14.6. The maximum Gasteiger partial charge on any atom is 0.118 e. The van der Waals surface area contributed by atoms with E-state index < -0.39 is 0 Å². The fourth-order valence-electron chi connectivity index (χ4n) is 1.99. The van der Waals surface area contributed by atoms with Crippen molar-refractivity contribution in [2.45, 2.75) is 19.6 Å². The Balaban J connectivity index is 1.88. The molecular weight excluding hydrogens is 224 g/mol. The van der Waals surface area contributed by atoms with E-state index in [1.54, 1.807) is 0 Å². The molecule has 1 aromatic carbocycles. The van der Waals surface area contributed by atoms with Gasteiger partial charge in [0, 0.05) is 6.54 Å². The number of nitrogens with one attached hydrogen (secondary N) is 1. The van der Waals surface area contributed by atoms with Crippen LogP contribution in [0, 0.1) is 0 Å². The van der Waals surface area contributed by atoms with Crippen molar-refractivity contribution in [3.8, 4) is 0 Å². The van der Waals surface area contributed by atoms with Crippen LogP contribution in [0.15, 0.2) is 46.9 Å². The third-order valence-electron chi connectivity index (χ3n) is 2.79. The fraction of sp³-hybridized carbons (Fsp3) is 0.333. The van der Waals surface area contributed by atoms with Gasteiger partial charge in [0.25, 0.3) is 0 Å². The van der Waals surface area contributed by atoms with E-state index in [0.29, 0.717) is 0 Å². The third kappa shape index (κ3) is 3.72. The van der Waals surface area contributed by atoms with E-state index in [9.17, 15) is 0 Å². The van der Waals surface area contributed by atoms with E-state index in [1.807, 2.05) is 25.2 Å². The smallest absolute Gasteiger partial charge is 0.118 e. The molecule has 2 rings (SSSR count). The summed E-state index contributed by atoms with van der Waals surface area (Å²) >= 11 is 0. The molecule has 0 unspecified atom stereocenters. The van der Waals surface area contributed by atoms with E-state index in [2.05, 4.69) is 41.5 Å². The first-order valence-electron chi connectivity index (χ1n) is 6.22. The molecular formula is C15H20N2O. The molecule has 1 N–H and O–H groups in total. The van der Waals surface area contributed by atoms with Crippen molar-refractivity contribution in [1.82, 2.24) is 10.2 Å². The largest absolute Gasteiger partial charge is 0.463 e. The summed E-state index contributed by atoms with van der Waals surface area (Å²) in [6.07, 6.45) is 0. The summed E-state index contributed by atoms with van der Waals surface area (Å²) in [5.41, 5.74) is 1.32. The van der Waals surface area contributed by atoms with Crippen LogP contribution in [0.3, 0.4) is 0 Å². The van der Waals surface area contributed by atoms with Crippen molar-refractivity contribution in [3.63, 3.8) is 0 Å². The molecule has 0 aliphatic heterocycles. The zero-order chi connectivity index (χ0) is 12.8. The number of rotatable bonds is 6. The average Bonchev–Trinajstić information content (AvgIpc) is 2.78. The Hall–Kier alpha value is -1.58. The standard InChI is InChI=1S/C15H20N2O/c1-16-10-14-8-9-15(18-14)12-17(2)11-13-6-4-3-5-7-13/h3-9,16H,10-12H2,1-2H3. The number of hydrogen-bond acceptors (Lipinski definition) is 3. The molecule has 0 saturated carbocycles. The first kappa shape index (κ1) is 12.9. The lowest BCUT2D eigenvalue weighted by Crippen LogP contribution is -2.16. The van der Waals surface area contributed by atoms with Crippen molar-refractivity contribution in [2.75, 3.05) is 14.1 Å². The number of hydrogen-bond donors (Lipinski definition) is 1. The maximum atomic E-state index is 5.73. The van der Waals surface area contributed by atoms with Crippen LogP contribution in [0.1, 0.15) is 17.1 Å². The molecule has 0 atom stereocenters. The Kier molecular flexibility index (Phi) is 4.56. The van der Waals surface area contributed by atoms with Crippen molar-refractivity contribution in [3.05, 3.63) is 59.5 Å². The minimum Gasteiger partial charge on any atom is -0.463 e. The lowest BCUT2D eigenvalue weighted by Gasteiger charge is -2.15. The summed E-state index contributed by atoms with van der Waals surface area (Å²) < 4.78 is 5.73. The van der Waals surface area contributed by atoms with Crippen LogP contribution < -0.4 is 5.32 Å². The van der Waals surface area contributed by atoms with Gasteiger partial charge in [-0.05, 0) is 31.8 Å². The first-order valence-corrected chi connectivity index (χ1v) is 6.22. The van der Waals surface area contributed by atoms with Gasteiger partial charge < -0.3 is 9.73 Å². The van der Waals surface area contributed by atoms with Crippen LogP contribution in [-0.4, -0.2) is 19.0 Å². The molecule has 0 aliphatic carbocycles. The Bertz CT molecular complexity index is 464. The zero-order valence-electron chi connectivity index (χ0n) is 11.0. The first-order chi connectivity index (χ1) is 8.78. The van der Waals surface area contributed by atoms with Crippen LogP contribution in [0.25, 0.3) is 0 Å². The predicted octanol–water partition coefficient (Wildman–Crippen LogP) is 2.63. The maximum absolute atomic E-state index is 5.73. The van der Waals surface area contributed by atoms with E-state index in [4.69, 9.17) is 4.42 Å². The minimum absolute atomic E-state index is 0.780. The van der Waals surface area contributed by atoms with Crippen LogP contribution in [0.5, 0.6) is 0 Å². The Morgan fingerprint density at radius 3 is 2.44 bits per heavy atom. The lowest BCUT2D eigenvalue weighted by atomic mass is 10.2. The van der Waals surface area contributed by atoms with Gasteiger partial charge in [0.1, 0.15) is 11.5 Å². The second-order valence-corrected chi connectivity index (χ2v) is 4.56. The van der Waals surface area contributed by atoms with Crippen LogP contribution in [-0.2, 0) is 19.6 Å². The van der Waals surface area contributed by atoms with Gasteiger partial charge in [0.2, 0.25) is 0 Å². The molecule has 0 saturated heterocycles. The molecule has 3 heteroatoms. The SMILES string of the molecule is CNCc1ccc(CN(C)Cc2ccccc2)o1. The Morgan fingerprint density at radius 2 is 1.72 bits per heavy atom. The molecule has 3 nitrogen and oxygen atoms in total. The molecule has 2 aromatic rings. The Labute approximate surface area is 108 Å². The predicted molar refractivity (Wildman–Crippen MR) is 73.1 cm³/mol. The molecule has 1 heterocycles. The molecule has 0 bridgehead atoms. The topological polar surface area (TPSA) is 28.4 Å². The van der Waals surface area contributed by atoms with Gasteiger partial charge in [-0.2, -0.15) is 0 Å². The van der Waals surface area contributed by atoms with E-state index in [-0.39, 0.29) is 0 Å². The van der Waals surface area contributed by atoms with Gasteiger partial charge in [-0.1, -0.05) is 30.3 Å².